The van der Waals surface area contributed by atoms with E-state index < -0.39 is 0 Å². The maximum atomic E-state index is 9.52. The van der Waals surface area contributed by atoms with Crippen molar-refractivity contribution in [3.05, 3.63) is 29.8 Å². The number of nitrogens with zero attached hydrogens (tertiary/aromatic N) is 3. The number of nitriles is 1. The number of para-hydroxylation sites is 1. The Morgan fingerprint density at radius 1 is 1.25 bits per heavy atom. The van der Waals surface area contributed by atoms with Crippen LogP contribution in [0.3, 0.4) is 0 Å². The van der Waals surface area contributed by atoms with Crippen LogP contribution in [-0.2, 0) is 6.42 Å². The summed E-state index contributed by atoms with van der Waals surface area (Å²) in [6.45, 7) is 1.14. The normalized spacial score (nSPS) is 29.3. The molecule has 3 nitrogen and oxygen atoms in total. The van der Waals surface area contributed by atoms with Gasteiger partial charge in [0.05, 0.1) is 6.07 Å². The number of anilines is 1. The van der Waals surface area contributed by atoms with Gasteiger partial charge in [0.25, 0.3) is 0 Å². The number of rotatable bonds is 2. The van der Waals surface area contributed by atoms with Crippen LogP contribution >= 0.6 is 0 Å². The SMILES string of the molecule is CN(C)C1(C#N)CCC(N2CCc3ccccc32)CC1. The summed E-state index contributed by atoms with van der Waals surface area (Å²) in [5.41, 5.74) is 2.67. The van der Waals surface area contributed by atoms with Crippen LogP contribution in [0.4, 0.5) is 5.69 Å². The third-order valence-electron chi connectivity index (χ3n) is 5.21. The summed E-state index contributed by atoms with van der Waals surface area (Å²) < 4.78 is 0. The minimum Gasteiger partial charge on any atom is -0.368 e. The van der Waals surface area contributed by atoms with E-state index in [1.807, 2.05) is 14.1 Å². The average molecular weight is 269 g/mol. The summed E-state index contributed by atoms with van der Waals surface area (Å²) in [6.07, 6.45) is 5.39. The summed E-state index contributed by atoms with van der Waals surface area (Å²) in [7, 11) is 4.07. The van der Waals surface area contributed by atoms with Gasteiger partial charge >= 0.3 is 0 Å². The second kappa shape index (κ2) is 5.10. The molecule has 3 heteroatoms. The van der Waals surface area contributed by atoms with Crippen molar-refractivity contribution in [1.29, 1.82) is 5.26 Å². The van der Waals surface area contributed by atoms with E-state index in [-0.39, 0.29) is 5.54 Å². The van der Waals surface area contributed by atoms with E-state index in [9.17, 15) is 5.26 Å². The van der Waals surface area contributed by atoms with Crippen molar-refractivity contribution in [1.82, 2.24) is 4.90 Å². The van der Waals surface area contributed by atoms with Crippen LogP contribution in [0.25, 0.3) is 0 Å². The lowest BCUT2D eigenvalue weighted by atomic mass is 9.79. The zero-order valence-electron chi connectivity index (χ0n) is 12.5. The van der Waals surface area contributed by atoms with Gasteiger partial charge in [0.1, 0.15) is 5.54 Å². The first-order valence-corrected chi connectivity index (χ1v) is 7.59. The van der Waals surface area contributed by atoms with Crippen molar-refractivity contribution in [2.75, 3.05) is 25.5 Å². The highest BCUT2D eigenvalue weighted by Crippen LogP contribution is 2.38. The lowest BCUT2D eigenvalue weighted by molar-refractivity contribution is 0.147. The minimum absolute atomic E-state index is 0.240. The third kappa shape index (κ3) is 2.09. The van der Waals surface area contributed by atoms with E-state index >= 15 is 0 Å². The second-order valence-electron chi connectivity index (χ2n) is 6.34. The molecule has 0 unspecified atom stereocenters. The molecule has 0 N–H and O–H groups in total. The van der Waals surface area contributed by atoms with Gasteiger partial charge in [-0.3, -0.25) is 4.90 Å². The summed E-state index contributed by atoms with van der Waals surface area (Å²) in [4.78, 5) is 4.69. The van der Waals surface area contributed by atoms with Crippen LogP contribution in [0.1, 0.15) is 31.2 Å². The third-order valence-corrected chi connectivity index (χ3v) is 5.21. The van der Waals surface area contributed by atoms with E-state index in [1.165, 1.54) is 17.7 Å². The fraction of sp³-hybridized carbons (Fsp3) is 0.588. The van der Waals surface area contributed by atoms with E-state index in [4.69, 9.17) is 0 Å². The van der Waals surface area contributed by atoms with E-state index in [2.05, 4.69) is 40.1 Å². The molecule has 0 bridgehead atoms. The van der Waals surface area contributed by atoms with Gasteiger partial charge in [-0.25, -0.2) is 0 Å². The van der Waals surface area contributed by atoms with Crippen molar-refractivity contribution in [2.45, 2.75) is 43.7 Å². The van der Waals surface area contributed by atoms with Gasteiger partial charge < -0.3 is 4.90 Å². The van der Waals surface area contributed by atoms with Gasteiger partial charge in [-0.1, -0.05) is 18.2 Å². The number of hydrogen-bond acceptors (Lipinski definition) is 3. The first-order valence-electron chi connectivity index (χ1n) is 7.59. The molecule has 106 valence electrons. The quantitative estimate of drug-likeness (QED) is 0.827. The molecule has 3 rings (SSSR count). The van der Waals surface area contributed by atoms with Gasteiger partial charge in [0.2, 0.25) is 0 Å². The van der Waals surface area contributed by atoms with Crippen molar-refractivity contribution < 1.29 is 0 Å². The molecule has 0 aromatic heterocycles. The number of fused-ring (bicyclic) bond motifs is 1. The molecular formula is C17H23N3. The Hall–Kier alpha value is -1.53. The molecule has 1 aromatic carbocycles. The molecular weight excluding hydrogens is 246 g/mol. The van der Waals surface area contributed by atoms with Crippen molar-refractivity contribution in [3.8, 4) is 6.07 Å². The van der Waals surface area contributed by atoms with Crippen LogP contribution < -0.4 is 4.90 Å². The number of benzene rings is 1. The Bertz CT molecular complexity index is 521. The van der Waals surface area contributed by atoms with Crippen LogP contribution in [0.5, 0.6) is 0 Å². The summed E-state index contributed by atoms with van der Waals surface area (Å²) in [5.74, 6) is 0. The predicted molar refractivity (Wildman–Crippen MR) is 81.8 cm³/mol. The Morgan fingerprint density at radius 2 is 1.95 bits per heavy atom. The molecule has 0 spiro atoms. The van der Waals surface area contributed by atoms with Crippen molar-refractivity contribution >= 4 is 5.69 Å². The lowest BCUT2D eigenvalue weighted by Gasteiger charge is -2.43. The van der Waals surface area contributed by atoms with Crippen molar-refractivity contribution in [2.24, 2.45) is 0 Å². The Kier molecular flexibility index (Phi) is 3.43. The van der Waals surface area contributed by atoms with Gasteiger partial charge in [-0.2, -0.15) is 5.26 Å². The lowest BCUT2D eigenvalue weighted by Crippen LogP contribution is -2.49. The molecule has 20 heavy (non-hydrogen) atoms. The van der Waals surface area contributed by atoms with E-state index in [0.717, 1.165) is 32.2 Å². The molecule has 0 atom stereocenters. The number of hydrogen-bond donors (Lipinski definition) is 0. The second-order valence-corrected chi connectivity index (χ2v) is 6.34. The highest BCUT2D eigenvalue weighted by Gasteiger charge is 2.39. The van der Waals surface area contributed by atoms with Gasteiger partial charge in [-0.05, 0) is 57.8 Å². The van der Waals surface area contributed by atoms with Crippen molar-refractivity contribution in [3.63, 3.8) is 0 Å². The average Bonchev–Trinajstić information content (AvgIpc) is 2.91. The van der Waals surface area contributed by atoms with Gasteiger partial charge in [0.15, 0.2) is 0 Å². The van der Waals surface area contributed by atoms with E-state index in [0.29, 0.717) is 6.04 Å². The van der Waals surface area contributed by atoms with Crippen LogP contribution in [0, 0.1) is 11.3 Å². The smallest absolute Gasteiger partial charge is 0.108 e. The largest absolute Gasteiger partial charge is 0.368 e. The molecule has 1 aliphatic carbocycles. The maximum absolute atomic E-state index is 9.52. The summed E-state index contributed by atoms with van der Waals surface area (Å²) >= 11 is 0. The zero-order chi connectivity index (χ0) is 14.2. The molecule has 0 saturated heterocycles. The Balaban J connectivity index is 1.73. The van der Waals surface area contributed by atoms with Gasteiger partial charge in [0, 0.05) is 18.3 Å². The Labute approximate surface area is 121 Å². The minimum atomic E-state index is -0.240. The first-order chi connectivity index (χ1) is 9.66. The standard InChI is InChI=1S/C17H23N3/c1-19(2)17(13-18)10-7-15(8-11-17)20-12-9-14-5-3-4-6-16(14)20/h3-6,15H,7-12H2,1-2H3. The fourth-order valence-corrected chi connectivity index (χ4v) is 3.79. The molecule has 1 aliphatic heterocycles. The van der Waals surface area contributed by atoms with Gasteiger partial charge in [-0.15, -0.1) is 0 Å². The summed E-state index contributed by atoms with van der Waals surface area (Å²) in [6, 6.07) is 11.9. The molecule has 1 fully saturated rings. The fourth-order valence-electron chi connectivity index (χ4n) is 3.79. The Morgan fingerprint density at radius 3 is 2.60 bits per heavy atom. The molecule has 1 heterocycles. The molecule has 1 aromatic rings. The molecule has 2 aliphatic rings. The molecule has 0 radical (unpaired) electrons. The van der Waals surface area contributed by atoms with Crippen LogP contribution in [0.15, 0.2) is 24.3 Å². The zero-order valence-corrected chi connectivity index (χ0v) is 12.5. The predicted octanol–water partition coefficient (Wildman–Crippen LogP) is 2.82. The highest BCUT2D eigenvalue weighted by molar-refractivity contribution is 5.58. The van der Waals surface area contributed by atoms with E-state index in [1.54, 1.807) is 0 Å². The van der Waals surface area contributed by atoms with Crippen LogP contribution in [-0.4, -0.2) is 37.1 Å². The highest BCUT2D eigenvalue weighted by atomic mass is 15.2. The first kappa shape index (κ1) is 13.5. The van der Waals surface area contributed by atoms with Crippen LogP contribution in [0.2, 0.25) is 0 Å². The molecule has 0 amide bonds. The molecule has 1 saturated carbocycles. The maximum Gasteiger partial charge on any atom is 0.108 e. The topological polar surface area (TPSA) is 30.3 Å². The summed E-state index contributed by atoms with van der Waals surface area (Å²) in [5, 5.41) is 9.52. The monoisotopic (exact) mass is 269 g/mol.